The highest BCUT2D eigenvalue weighted by Gasteiger charge is 2.25. The van der Waals surface area contributed by atoms with Gasteiger partial charge in [0.25, 0.3) is 0 Å². The minimum atomic E-state index is 0.0109. The molecule has 0 aliphatic carbocycles. The number of nitrogens with zero attached hydrogens (tertiary/aromatic N) is 4. The van der Waals surface area contributed by atoms with Gasteiger partial charge in [-0.25, -0.2) is 9.97 Å². The van der Waals surface area contributed by atoms with E-state index < -0.39 is 0 Å². The summed E-state index contributed by atoms with van der Waals surface area (Å²) in [6.07, 6.45) is 5.88. The molecule has 0 unspecified atom stereocenters. The van der Waals surface area contributed by atoms with Crippen molar-refractivity contribution in [3.63, 3.8) is 0 Å². The van der Waals surface area contributed by atoms with Gasteiger partial charge in [0.15, 0.2) is 0 Å². The fourth-order valence-electron chi connectivity index (χ4n) is 4.06. The zero-order valence-corrected chi connectivity index (χ0v) is 22.6. The summed E-state index contributed by atoms with van der Waals surface area (Å²) in [5.41, 5.74) is 1.99. The number of amides is 1. The molecule has 3 aromatic rings. The van der Waals surface area contributed by atoms with Crippen LogP contribution < -0.4 is 5.32 Å². The van der Waals surface area contributed by atoms with Crippen LogP contribution >= 0.6 is 34.5 Å². The largest absolute Gasteiger partial charge is 0.383 e. The molecule has 3 heterocycles. The number of hydrogen-bond acceptors (Lipinski definition) is 8. The molecular weight excluding hydrogens is 521 g/mol. The topological polar surface area (TPSA) is 79.8 Å². The predicted molar refractivity (Wildman–Crippen MR) is 146 cm³/mol. The van der Waals surface area contributed by atoms with Crippen LogP contribution in [0.1, 0.15) is 10.4 Å². The number of hydrogen-bond donors (Lipinski definition) is 1. The smallest absolute Gasteiger partial charge is 0.246 e. The fraction of sp³-hybridized carbons (Fsp3) is 0.400. The van der Waals surface area contributed by atoms with Crippen LogP contribution in [0.2, 0.25) is 10.0 Å². The molecular formula is C25H29Cl2N5O3S. The Morgan fingerprint density at radius 3 is 2.69 bits per heavy atom. The van der Waals surface area contributed by atoms with Crippen LogP contribution in [0.15, 0.2) is 36.7 Å². The van der Waals surface area contributed by atoms with Crippen LogP contribution in [0.4, 0.5) is 11.5 Å². The van der Waals surface area contributed by atoms with E-state index in [1.807, 2.05) is 17.0 Å². The first-order valence-corrected chi connectivity index (χ1v) is 13.2. The number of anilines is 2. The van der Waals surface area contributed by atoms with Crippen molar-refractivity contribution in [1.82, 2.24) is 19.8 Å². The van der Waals surface area contributed by atoms with Crippen molar-refractivity contribution >= 4 is 62.2 Å². The molecule has 11 heteroatoms. The molecule has 192 valence electrons. The number of ether oxygens (including phenoxy) is 2. The second-order valence-corrected chi connectivity index (χ2v) is 10.3. The molecule has 0 atom stereocenters. The van der Waals surface area contributed by atoms with E-state index in [0.29, 0.717) is 42.9 Å². The second-order valence-electron chi connectivity index (χ2n) is 8.36. The van der Waals surface area contributed by atoms with Crippen molar-refractivity contribution in [2.24, 2.45) is 0 Å². The summed E-state index contributed by atoms with van der Waals surface area (Å²) in [6.45, 7) is 4.71. The molecule has 0 fully saturated rings. The minimum absolute atomic E-state index is 0.0109. The molecule has 8 nitrogen and oxygen atoms in total. The Bertz CT molecular complexity index is 1230. The molecule has 0 spiro atoms. The highest BCUT2D eigenvalue weighted by Crippen LogP contribution is 2.38. The van der Waals surface area contributed by atoms with Crippen molar-refractivity contribution in [2.45, 2.75) is 13.0 Å². The quantitative estimate of drug-likeness (QED) is 0.345. The van der Waals surface area contributed by atoms with Crippen LogP contribution in [0.25, 0.3) is 10.2 Å². The molecule has 1 N–H and O–H groups in total. The SMILES string of the molecule is COCCN(C/C=C/C(=O)N1CCc2c(sc3ncnc(Nc4ccc(Cl)c(Cl)c4)c23)C1)CCOC. The van der Waals surface area contributed by atoms with E-state index in [4.69, 9.17) is 32.7 Å². The molecule has 4 rings (SSSR count). The number of rotatable bonds is 11. The average Bonchev–Trinajstić information content (AvgIpc) is 3.26. The van der Waals surface area contributed by atoms with Crippen molar-refractivity contribution < 1.29 is 14.3 Å². The fourth-order valence-corrected chi connectivity index (χ4v) is 5.57. The van der Waals surface area contributed by atoms with E-state index in [1.165, 1.54) is 5.56 Å². The molecule has 2 aromatic heterocycles. The van der Waals surface area contributed by atoms with E-state index in [-0.39, 0.29) is 5.91 Å². The Morgan fingerprint density at radius 1 is 1.19 bits per heavy atom. The van der Waals surface area contributed by atoms with Crippen LogP contribution in [0, 0.1) is 0 Å². The lowest BCUT2D eigenvalue weighted by molar-refractivity contribution is -0.126. The third kappa shape index (κ3) is 6.53. The van der Waals surface area contributed by atoms with Crippen LogP contribution in [-0.4, -0.2) is 79.3 Å². The van der Waals surface area contributed by atoms with Gasteiger partial charge >= 0.3 is 0 Å². The zero-order chi connectivity index (χ0) is 25.5. The van der Waals surface area contributed by atoms with E-state index >= 15 is 0 Å². The number of halogens is 2. The van der Waals surface area contributed by atoms with Crippen LogP contribution in [-0.2, 0) is 27.2 Å². The summed E-state index contributed by atoms with van der Waals surface area (Å²) in [7, 11) is 3.37. The Labute approximate surface area is 224 Å². The van der Waals surface area contributed by atoms with Gasteiger partial charge in [-0.1, -0.05) is 29.3 Å². The normalized spacial score (nSPS) is 13.6. The van der Waals surface area contributed by atoms with E-state index in [1.54, 1.807) is 50.1 Å². The van der Waals surface area contributed by atoms with Gasteiger partial charge in [0.05, 0.1) is 35.2 Å². The molecule has 0 saturated heterocycles. The van der Waals surface area contributed by atoms with Crippen molar-refractivity contribution in [1.29, 1.82) is 0 Å². The van der Waals surface area contributed by atoms with Gasteiger partial charge in [-0.15, -0.1) is 11.3 Å². The molecule has 0 saturated carbocycles. The summed E-state index contributed by atoms with van der Waals surface area (Å²) >= 11 is 13.8. The zero-order valence-electron chi connectivity index (χ0n) is 20.3. The molecule has 1 aliphatic rings. The number of nitrogens with one attached hydrogen (secondary N) is 1. The number of carbonyl (C=O) groups excluding carboxylic acids is 1. The number of benzene rings is 1. The van der Waals surface area contributed by atoms with Gasteiger partial charge in [-0.2, -0.15) is 0 Å². The van der Waals surface area contributed by atoms with E-state index in [9.17, 15) is 4.79 Å². The standard InChI is InChI=1S/C25H29Cl2N5O3S/c1-34-12-10-31(11-13-35-2)8-3-4-22(33)32-9-7-18-21(15-32)36-25-23(18)24(28-16-29-25)30-17-5-6-19(26)20(27)14-17/h3-6,14,16H,7-13,15H2,1-2H3,(H,28,29,30)/b4-3+. The first kappa shape index (κ1) is 26.8. The summed E-state index contributed by atoms with van der Waals surface area (Å²) in [5, 5.41) is 5.32. The monoisotopic (exact) mass is 549 g/mol. The Kier molecular flexibility index (Phi) is 9.53. The Balaban J connectivity index is 1.45. The maximum absolute atomic E-state index is 12.9. The molecule has 1 amide bonds. The van der Waals surface area contributed by atoms with E-state index in [2.05, 4.69) is 20.2 Å². The highest BCUT2D eigenvalue weighted by molar-refractivity contribution is 7.19. The summed E-state index contributed by atoms with van der Waals surface area (Å²) in [5.74, 6) is 0.736. The van der Waals surface area contributed by atoms with Crippen molar-refractivity contribution in [3.8, 4) is 0 Å². The number of fused-ring (bicyclic) bond motifs is 3. The van der Waals surface area contributed by atoms with Gasteiger partial charge in [0.2, 0.25) is 5.91 Å². The molecule has 1 aliphatic heterocycles. The van der Waals surface area contributed by atoms with Crippen LogP contribution in [0.5, 0.6) is 0 Å². The molecule has 36 heavy (non-hydrogen) atoms. The second kappa shape index (κ2) is 12.8. The highest BCUT2D eigenvalue weighted by atomic mass is 35.5. The van der Waals surface area contributed by atoms with Gasteiger partial charge in [-0.3, -0.25) is 9.69 Å². The van der Waals surface area contributed by atoms with E-state index in [0.717, 1.165) is 46.1 Å². The maximum atomic E-state index is 12.9. The van der Waals surface area contributed by atoms with Gasteiger partial charge < -0.3 is 19.7 Å². The molecule has 0 bridgehead atoms. The minimum Gasteiger partial charge on any atom is -0.383 e. The first-order chi connectivity index (χ1) is 17.5. The number of methoxy groups -OCH3 is 2. The Morgan fingerprint density at radius 2 is 1.97 bits per heavy atom. The maximum Gasteiger partial charge on any atom is 0.246 e. The lowest BCUT2D eigenvalue weighted by Gasteiger charge is -2.26. The van der Waals surface area contributed by atoms with Gasteiger partial charge in [0, 0.05) is 57.0 Å². The lowest BCUT2D eigenvalue weighted by atomic mass is 10.0. The average molecular weight is 551 g/mol. The van der Waals surface area contributed by atoms with Crippen molar-refractivity contribution in [2.75, 3.05) is 58.9 Å². The molecule has 0 radical (unpaired) electrons. The summed E-state index contributed by atoms with van der Waals surface area (Å²) < 4.78 is 10.4. The van der Waals surface area contributed by atoms with Crippen LogP contribution in [0.3, 0.4) is 0 Å². The predicted octanol–water partition coefficient (Wildman–Crippen LogP) is 4.78. The summed E-state index contributed by atoms with van der Waals surface area (Å²) in [6, 6.07) is 5.38. The first-order valence-electron chi connectivity index (χ1n) is 11.6. The van der Waals surface area contributed by atoms with Gasteiger partial charge in [0.1, 0.15) is 17.0 Å². The number of carbonyl (C=O) groups is 1. The summed E-state index contributed by atoms with van der Waals surface area (Å²) in [4.78, 5) is 28.0. The third-order valence-electron chi connectivity index (χ3n) is 5.98. The Hall–Kier alpha value is -2.27. The van der Waals surface area contributed by atoms with Gasteiger partial charge in [-0.05, 0) is 30.2 Å². The lowest BCUT2D eigenvalue weighted by Crippen LogP contribution is -2.34. The number of aromatic nitrogens is 2. The van der Waals surface area contributed by atoms with Crippen molar-refractivity contribution in [3.05, 3.63) is 57.2 Å². The molecule has 1 aromatic carbocycles. The number of thiophene rings is 1. The third-order valence-corrected chi connectivity index (χ3v) is 7.84.